The van der Waals surface area contributed by atoms with Crippen molar-refractivity contribution in [3.63, 3.8) is 0 Å². The second kappa shape index (κ2) is 5.67. The highest BCUT2D eigenvalue weighted by atomic mass is 35.5. The van der Waals surface area contributed by atoms with E-state index >= 15 is 0 Å². The maximum Gasteiger partial charge on any atom is 0.0449 e. The standard InChI is InChI=1S/C13H18ClNO/c14-12-5-3-11(4-6-12)13(7-10-16)15-8-1-2-9-15/h3-6,13,16H,1-2,7-10H2. The van der Waals surface area contributed by atoms with E-state index in [-0.39, 0.29) is 6.61 Å². The molecule has 0 amide bonds. The quantitative estimate of drug-likeness (QED) is 0.874. The Balaban J connectivity index is 2.14. The maximum absolute atomic E-state index is 9.16. The van der Waals surface area contributed by atoms with Crippen molar-refractivity contribution in [1.82, 2.24) is 4.90 Å². The number of rotatable bonds is 4. The summed E-state index contributed by atoms with van der Waals surface area (Å²) in [6.45, 7) is 2.53. The molecule has 1 aromatic carbocycles. The lowest BCUT2D eigenvalue weighted by Crippen LogP contribution is -2.26. The van der Waals surface area contributed by atoms with E-state index in [1.54, 1.807) is 0 Å². The van der Waals surface area contributed by atoms with Gasteiger partial charge in [-0.2, -0.15) is 0 Å². The Morgan fingerprint density at radius 1 is 1.19 bits per heavy atom. The lowest BCUT2D eigenvalue weighted by Gasteiger charge is -2.27. The van der Waals surface area contributed by atoms with Gasteiger partial charge < -0.3 is 5.11 Å². The third kappa shape index (κ3) is 2.76. The minimum atomic E-state index is 0.240. The van der Waals surface area contributed by atoms with Crippen molar-refractivity contribution < 1.29 is 5.11 Å². The molecule has 1 aromatic rings. The number of likely N-dealkylation sites (tertiary alicyclic amines) is 1. The second-order valence-electron chi connectivity index (χ2n) is 4.32. The summed E-state index contributed by atoms with van der Waals surface area (Å²) in [5, 5.41) is 9.93. The van der Waals surface area contributed by atoms with Crippen LogP contribution in [0.2, 0.25) is 5.02 Å². The van der Waals surface area contributed by atoms with E-state index in [4.69, 9.17) is 16.7 Å². The van der Waals surface area contributed by atoms with Gasteiger partial charge in [0.25, 0.3) is 0 Å². The Bertz CT molecular complexity index is 319. The summed E-state index contributed by atoms with van der Waals surface area (Å²) in [7, 11) is 0. The number of hydrogen-bond donors (Lipinski definition) is 1. The first kappa shape index (κ1) is 11.9. The first-order valence-corrected chi connectivity index (χ1v) is 6.29. The molecule has 1 unspecified atom stereocenters. The van der Waals surface area contributed by atoms with Gasteiger partial charge in [0.15, 0.2) is 0 Å². The summed E-state index contributed by atoms with van der Waals surface area (Å²) < 4.78 is 0. The molecule has 1 saturated heterocycles. The van der Waals surface area contributed by atoms with E-state index in [9.17, 15) is 0 Å². The van der Waals surface area contributed by atoms with Gasteiger partial charge in [0.1, 0.15) is 0 Å². The van der Waals surface area contributed by atoms with E-state index in [2.05, 4.69) is 17.0 Å². The largest absolute Gasteiger partial charge is 0.396 e. The van der Waals surface area contributed by atoms with Gasteiger partial charge in [-0.05, 0) is 50.0 Å². The monoisotopic (exact) mass is 239 g/mol. The van der Waals surface area contributed by atoms with E-state index in [1.807, 2.05) is 12.1 Å². The number of benzene rings is 1. The normalized spacial score (nSPS) is 18.9. The second-order valence-corrected chi connectivity index (χ2v) is 4.76. The molecule has 1 atom stereocenters. The molecular formula is C13H18ClNO. The van der Waals surface area contributed by atoms with Crippen LogP contribution < -0.4 is 0 Å². The van der Waals surface area contributed by atoms with Crippen LogP contribution in [0.3, 0.4) is 0 Å². The maximum atomic E-state index is 9.16. The molecule has 0 saturated carbocycles. The zero-order valence-corrected chi connectivity index (χ0v) is 10.2. The van der Waals surface area contributed by atoms with Crippen molar-refractivity contribution in [2.45, 2.75) is 25.3 Å². The molecule has 0 radical (unpaired) electrons. The molecule has 0 aromatic heterocycles. The van der Waals surface area contributed by atoms with E-state index in [0.29, 0.717) is 6.04 Å². The van der Waals surface area contributed by atoms with Gasteiger partial charge in [-0.15, -0.1) is 0 Å². The molecular weight excluding hydrogens is 222 g/mol. The van der Waals surface area contributed by atoms with E-state index in [0.717, 1.165) is 24.5 Å². The van der Waals surface area contributed by atoms with Crippen molar-refractivity contribution in [3.8, 4) is 0 Å². The molecule has 2 rings (SSSR count). The van der Waals surface area contributed by atoms with Gasteiger partial charge in [-0.25, -0.2) is 0 Å². The molecule has 3 heteroatoms. The highest BCUT2D eigenvalue weighted by molar-refractivity contribution is 6.30. The number of halogens is 1. The lowest BCUT2D eigenvalue weighted by molar-refractivity contribution is 0.185. The molecule has 1 heterocycles. The minimum absolute atomic E-state index is 0.240. The fourth-order valence-electron chi connectivity index (χ4n) is 2.42. The van der Waals surface area contributed by atoms with Gasteiger partial charge in [-0.3, -0.25) is 4.90 Å². The Kier molecular flexibility index (Phi) is 4.22. The number of nitrogens with zero attached hydrogens (tertiary/aromatic N) is 1. The minimum Gasteiger partial charge on any atom is -0.396 e. The van der Waals surface area contributed by atoms with Crippen LogP contribution in [0.15, 0.2) is 24.3 Å². The third-order valence-corrected chi connectivity index (χ3v) is 3.49. The van der Waals surface area contributed by atoms with Gasteiger partial charge in [0, 0.05) is 17.7 Å². The van der Waals surface area contributed by atoms with Crippen molar-refractivity contribution in [1.29, 1.82) is 0 Å². The molecule has 0 bridgehead atoms. The number of hydrogen-bond acceptors (Lipinski definition) is 2. The van der Waals surface area contributed by atoms with Crippen LogP contribution >= 0.6 is 11.6 Å². The van der Waals surface area contributed by atoms with Crippen molar-refractivity contribution in [2.24, 2.45) is 0 Å². The highest BCUT2D eigenvalue weighted by Crippen LogP contribution is 2.28. The number of aliphatic hydroxyl groups excluding tert-OH is 1. The average molecular weight is 240 g/mol. The van der Waals surface area contributed by atoms with Gasteiger partial charge in [0.2, 0.25) is 0 Å². The molecule has 1 fully saturated rings. The van der Waals surface area contributed by atoms with Crippen LogP contribution in [0.4, 0.5) is 0 Å². The van der Waals surface area contributed by atoms with Crippen LogP contribution in [0.5, 0.6) is 0 Å². The van der Waals surface area contributed by atoms with Crippen molar-refractivity contribution >= 4 is 11.6 Å². The Morgan fingerprint density at radius 2 is 1.81 bits per heavy atom. The predicted molar refractivity (Wildman–Crippen MR) is 66.7 cm³/mol. The highest BCUT2D eigenvalue weighted by Gasteiger charge is 2.22. The zero-order valence-electron chi connectivity index (χ0n) is 9.40. The zero-order chi connectivity index (χ0) is 11.4. The summed E-state index contributed by atoms with van der Waals surface area (Å²) in [6.07, 6.45) is 3.35. The van der Waals surface area contributed by atoms with Crippen molar-refractivity contribution in [2.75, 3.05) is 19.7 Å². The predicted octanol–water partition coefficient (Wildman–Crippen LogP) is 2.86. The first-order chi connectivity index (χ1) is 7.81. The fraction of sp³-hybridized carbons (Fsp3) is 0.538. The molecule has 0 spiro atoms. The molecule has 2 nitrogen and oxygen atoms in total. The summed E-state index contributed by atoms with van der Waals surface area (Å²) in [5.74, 6) is 0. The topological polar surface area (TPSA) is 23.5 Å². The molecule has 1 aliphatic rings. The molecule has 88 valence electrons. The summed E-state index contributed by atoms with van der Waals surface area (Å²) >= 11 is 5.89. The summed E-state index contributed by atoms with van der Waals surface area (Å²) in [5.41, 5.74) is 1.26. The molecule has 1 aliphatic heterocycles. The Hall–Kier alpha value is -0.570. The van der Waals surface area contributed by atoms with Crippen LogP contribution in [0.25, 0.3) is 0 Å². The van der Waals surface area contributed by atoms with Crippen LogP contribution in [0.1, 0.15) is 30.9 Å². The van der Waals surface area contributed by atoms with E-state index in [1.165, 1.54) is 18.4 Å². The van der Waals surface area contributed by atoms with Gasteiger partial charge in [-0.1, -0.05) is 23.7 Å². The smallest absolute Gasteiger partial charge is 0.0449 e. The molecule has 16 heavy (non-hydrogen) atoms. The fourth-order valence-corrected chi connectivity index (χ4v) is 2.55. The SMILES string of the molecule is OCCC(c1ccc(Cl)cc1)N1CCCC1. The van der Waals surface area contributed by atoms with Gasteiger partial charge >= 0.3 is 0 Å². The van der Waals surface area contributed by atoms with Crippen LogP contribution in [-0.2, 0) is 0 Å². The lowest BCUT2D eigenvalue weighted by atomic mass is 10.0. The van der Waals surface area contributed by atoms with Gasteiger partial charge in [0.05, 0.1) is 0 Å². The van der Waals surface area contributed by atoms with Crippen molar-refractivity contribution in [3.05, 3.63) is 34.9 Å². The third-order valence-electron chi connectivity index (χ3n) is 3.24. The average Bonchev–Trinajstić information content (AvgIpc) is 2.81. The molecule has 0 aliphatic carbocycles. The first-order valence-electron chi connectivity index (χ1n) is 5.91. The Labute approximate surface area is 102 Å². The molecule has 1 N–H and O–H groups in total. The van der Waals surface area contributed by atoms with Crippen LogP contribution in [-0.4, -0.2) is 29.7 Å². The summed E-state index contributed by atoms with van der Waals surface area (Å²) in [4.78, 5) is 2.46. The number of aliphatic hydroxyl groups is 1. The van der Waals surface area contributed by atoms with Crippen LogP contribution in [0, 0.1) is 0 Å². The summed E-state index contributed by atoms with van der Waals surface area (Å²) in [6, 6.07) is 8.35. The Morgan fingerprint density at radius 3 is 2.38 bits per heavy atom. The van der Waals surface area contributed by atoms with E-state index < -0.39 is 0 Å².